The zero-order chi connectivity index (χ0) is 25.8. The molecule has 0 radical (unpaired) electrons. The first-order chi connectivity index (χ1) is 17.4. The van der Waals surface area contributed by atoms with Crippen LogP contribution >= 0.6 is 0 Å². The number of carbonyl (C=O) groups is 1. The number of hydrogen-bond acceptors (Lipinski definition) is 5. The van der Waals surface area contributed by atoms with Gasteiger partial charge in [0, 0.05) is 11.8 Å². The Morgan fingerprint density at radius 3 is 2.08 bits per heavy atom. The normalized spacial score (nSPS) is 15.8. The summed E-state index contributed by atoms with van der Waals surface area (Å²) in [6.45, 7) is 1.51. The predicted octanol–water partition coefficient (Wildman–Crippen LogP) is 5.98. The smallest absolute Gasteiger partial charge is 0.264 e. The van der Waals surface area contributed by atoms with Gasteiger partial charge in [-0.3, -0.25) is 9.10 Å². The Kier molecular flexibility index (Phi) is 10.8. The molecule has 0 heterocycles. The van der Waals surface area contributed by atoms with Crippen LogP contribution in [-0.4, -0.2) is 33.7 Å². The van der Waals surface area contributed by atoms with Gasteiger partial charge >= 0.3 is 0 Å². The van der Waals surface area contributed by atoms with Gasteiger partial charge in [0.2, 0.25) is 0 Å². The van der Waals surface area contributed by atoms with Gasteiger partial charge in [0.25, 0.3) is 15.9 Å². The topological polar surface area (TPSA) is 88.1 Å². The number of aryl methyl sites for hydroxylation is 1. The molecule has 0 aromatic heterocycles. The lowest BCUT2D eigenvalue weighted by molar-refractivity contribution is -0.119. The molecule has 0 atom stereocenters. The van der Waals surface area contributed by atoms with E-state index in [0.717, 1.165) is 41.3 Å². The lowest BCUT2D eigenvalue weighted by Gasteiger charge is -2.24. The number of benzene rings is 2. The number of methoxy groups -OCH3 is 1. The Balaban J connectivity index is 1.78. The molecular formula is C28H39N3O4S. The summed E-state index contributed by atoms with van der Waals surface area (Å²) < 4.78 is 33.5. The number of hydrazone groups is 1. The fourth-order valence-corrected chi connectivity index (χ4v) is 5.77. The van der Waals surface area contributed by atoms with E-state index in [4.69, 9.17) is 4.74 Å². The summed E-state index contributed by atoms with van der Waals surface area (Å²) in [5.41, 5.74) is 4.92. The maximum atomic E-state index is 13.6. The SMILES string of the molecule is COc1cccc(N(CC(=O)NN=C2CCCCCCCCCCC2)S(=O)(=O)c2ccc(C)cc2)c1. The van der Waals surface area contributed by atoms with E-state index < -0.39 is 15.9 Å². The number of carbonyl (C=O) groups excluding carboxylic acids is 1. The van der Waals surface area contributed by atoms with Gasteiger partial charge in [-0.1, -0.05) is 68.7 Å². The van der Waals surface area contributed by atoms with Crippen molar-refractivity contribution in [1.29, 1.82) is 0 Å². The van der Waals surface area contributed by atoms with Crippen molar-refractivity contribution in [3.63, 3.8) is 0 Å². The van der Waals surface area contributed by atoms with Crippen LogP contribution in [0.25, 0.3) is 0 Å². The minimum atomic E-state index is -3.99. The van der Waals surface area contributed by atoms with Gasteiger partial charge in [0.1, 0.15) is 12.3 Å². The Hall–Kier alpha value is -2.87. The summed E-state index contributed by atoms with van der Waals surface area (Å²) in [5.74, 6) is 0.0256. The van der Waals surface area contributed by atoms with E-state index in [9.17, 15) is 13.2 Å². The van der Waals surface area contributed by atoms with E-state index in [1.807, 2.05) is 6.92 Å². The highest BCUT2D eigenvalue weighted by Crippen LogP contribution is 2.27. The van der Waals surface area contributed by atoms with Gasteiger partial charge in [0.15, 0.2) is 0 Å². The summed E-state index contributed by atoms with van der Waals surface area (Å²) in [6, 6.07) is 13.3. The van der Waals surface area contributed by atoms with Gasteiger partial charge in [-0.25, -0.2) is 13.8 Å². The van der Waals surface area contributed by atoms with E-state index in [1.165, 1.54) is 52.1 Å². The second-order valence-corrected chi connectivity index (χ2v) is 11.3. The number of hydrogen-bond donors (Lipinski definition) is 1. The summed E-state index contributed by atoms with van der Waals surface area (Å²) >= 11 is 0. The zero-order valence-corrected chi connectivity index (χ0v) is 22.4. The van der Waals surface area contributed by atoms with Gasteiger partial charge in [-0.15, -0.1) is 0 Å². The van der Waals surface area contributed by atoms with Gasteiger partial charge in [-0.2, -0.15) is 5.10 Å². The van der Waals surface area contributed by atoms with Crippen molar-refractivity contribution in [2.24, 2.45) is 5.10 Å². The van der Waals surface area contributed by atoms with Gasteiger partial charge < -0.3 is 4.74 Å². The van der Waals surface area contributed by atoms with E-state index in [-0.39, 0.29) is 11.4 Å². The average Bonchev–Trinajstić information content (AvgIpc) is 2.87. The van der Waals surface area contributed by atoms with Crippen LogP contribution < -0.4 is 14.5 Å². The molecule has 36 heavy (non-hydrogen) atoms. The van der Waals surface area contributed by atoms with Crippen molar-refractivity contribution in [3.05, 3.63) is 54.1 Å². The summed E-state index contributed by atoms with van der Waals surface area (Å²) in [5, 5.41) is 4.43. The molecule has 2 aromatic carbocycles. The molecule has 0 saturated heterocycles. The third-order valence-electron chi connectivity index (χ3n) is 6.51. The molecule has 0 bridgehead atoms. The van der Waals surface area contributed by atoms with Crippen molar-refractivity contribution in [2.45, 2.75) is 82.4 Å². The van der Waals surface area contributed by atoms with E-state index in [2.05, 4.69) is 10.5 Å². The highest BCUT2D eigenvalue weighted by molar-refractivity contribution is 7.92. The van der Waals surface area contributed by atoms with E-state index in [0.29, 0.717) is 11.4 Å². The highest BCUT2D eigenvalue weighted by Gasteiger charge is 2.27. The number of nitrogens with one attached hydrogen (secondary N) is 1. The molecule has 7 nitrogen and oxygen atoms in total. The Morgan fingerprint density at radius 1 is 0.917 bits per heavy atom. The van der Waals surface area contributed by atoms with Crippen molar-refractivity contribution in [2.75, 3.05) is 18.0 Å². The first-order valence-electron chi connectivity index (χ1n) is 13.0. The third kappa shape index (κ3) is 8.36. The second kappa shape index (κ2) is 14.0. The average molecular weight is 514 g/mol. The molecule has 196 valence electrons. The molecule has 3 rings (SSSR count). The van der Waals surface area contributed by atoms with Crippen molar-refractivity contribution in [1.82, 2.24) is 5.43 Å². The molecule has 1 N–H and O–H groups in total. The van der Waals surface area contributed by atoms with Crippen LogP contribution in [0, 0.1) is 6.92 Å². The molecular weight excluding hydrogens is 474 g/mol. The molecule has 2 aromatic rings. The highest BCUT2D eigenvalue weighted by atomic mass is 32.2. The third-order valence-corrected chi connectivity index (χ3v) is 8.30. The van der Waals surface area contributed by atoms with Crippen LogP contribution in [0.3, 0.4) is 0 Å². The van der Waals surface area contributed by atoms with E-state index in [1.54, 1.807) is 48.5 Å². The molecule has 8 heteroatoms. The maximum Gasteiger partial charge on any atom is 0.264 e. The Bertz CT molecular complexity index is 1100. The van der Waals surface area contributed by atoms with Crippen LogP contribution in [0.5, 0.6) is 5.75 Å². The van der Waals surface area contributed by atoms with Crippen LogP contribution in [0.2, 0.25) is 0 Å². The lowest BCUT2D eigenvalue weighted by Crippen LogP contribution is -2.39. The number of sulfonamides is 1. The predicted molar refractivity (Wildman–Crippen MR) is 145 cm³/mol. The Morgan fingerprint density at radius 2 is 1.50 bits per heavy atom. The monoisotopic (exact) mass is 513 g/mol. The number of nitrogens with zero attached hydrogens (tertiary/aromatic N) is 2. The standard InChI is InChI=1S/C28H39N3O4S/c1-23-17-19-27(20-18-23)36(33,34)31(25-15-12-16-26(21-25)35-2)22-28(32)30-29-24-13-10-8-6-4-3-5-7-9-11-14-24/h12,15-21H,3-11,13-14,22H2,1-2H3,(H,30,32). The van der Waals surface area contributed by atoms with Gasteiger partial charge in [-0.05, 0) is 56.9 Å². The summed E-state index contributed by atoms with van der Waals surface area (Å²) in [7, 11) is -2.48. The van der Waals surface area contributed by atoms with Crippen molar-refractivity contribution >= 4 is 27.3 Å². The zero-order valence-electron chi connectivity index (χ0n) is 21.5. The fourth-order valence-electron chi connectivity index (χ4n) is 4.36. The van der Waals surface area contributed by atoms with Crippen molar-refractivity contribution in [3.8, 4) is 5.75 Å². The number of amides is 1. The van der Waals surface area contributed by atoms with Crippen LogP contribution in [0.4, 0.5) is 5.69 Å². The van der Waals surface area contributed by atoms with Crippen LogP contribution in [-0.2, 0) is 14.8 Å². The van der Waals surface area contributed by atoms with Crippen molar-refractivity contribution < 1.29 is 17.9 Å². The summed E-state index contributed by atoms with van der Waals surface area (Å²) in [6.07, 6.45) is 12.6. The first kappa shape index (κ1) is 27.7. The fraction of sp³-hybridized carbons (Fsp3) is 0.500. The number of ether oxygens (including phenoxy) is 1. The number of anilines is 1. The van der Waals surface area contributed by atoms with Gasteiger partial charge in [0.05, 0.1) is 17.7 Å². The van der Waals surface area contributed by atoms with Crippen LogP contribution in [0.1, 0.15) is 76.2 Å². The lowest BCUT2D eigenvalue weighted by atomic mass is 10.00. The molecule has 1 aliphatic carbocycles. The molecule has 1 saturated carbocycles. The molecule has 1 amide bonds. The molecule has 0 aliphatic heterocycles. The number of rotatable bonds is 7. The van der Waals surface area contributed by atoms with E-state index >= 15 is 0 Å². The van der Waals surface area contributed by atoms with Crippen LogP contribution in [0.15, 0.2) is 58.5 Å². The minimum absolute atomic E-state index is 0.120. The molecule has 1 aliphatic rings. The molecule has 0 unspecified atom stereocenters. The Labute approximate surface area is 216 Å². The maximum absolute atomic E-state index is 13.6. The first-order valence-corrected chi connectivity index (χ1v) is 14.4. The largest absolute Gasteiger partial charge is 0.497 e. The molecule has 1 fully saturated rings. The second-order valence-electron chi connectivity index (χ2n) is 9.42. The quantitative estimate of drug-likeness (QED) is 0.462. The summed E-state index contributed by atoms with van der Waals surface area (Å²) in [4.78, 5) is 13.1. The molecule has 0 spiro atoms. The minimum Gasteiger partial charge on any atom is -0.497 e.